The van der Waals surface area contributed by atoms with Gasteiger partial charge in [-0.25, -0.2) is 9.97 Å². The zero-order valence-corrected chi connectivity index (χ0v) is 17.1. The van der Waals surface area contributed by atoms with Gasteiger partial charge in [0.25, 0.3) is 5.91 Å². The van der Waals surface area contributed by atoms with E-state index >= 15 is 0 Å². The number of ether oxygens (including phenoxy) is 1. The van der Waals surface area contributed by atoms with E-state index in [0.717, 1.165) is 47.5 Å². The second kappa shape index (κ2) is 8.66. The zero-order chi connectivity index (χ0) is 21.0. The molecule has 3 aromatic carbocycles. The highest BCUT2D eigenvalue weighted by atomic mass is 16.5. The van der Waals surface area contributed by atoms with Crippen molar-refractivity contribution in [2.45, 2.75) is 18.9 Å². The molecule has 0 bridgehead atoms. The van der Waals surface area contributed by atoms with E-state index in [0.29, 0.717) is 17.6 Å². The van der Waals surface area contributed by atoms with Crippen LogP contribution < -0.4 is 5.32 Å². The third-order valence-corrected chi connectivity index (χ3v) is 5.54. The van der Waals surface area contributed by atoms with Crippen LogP contribution in [0.5, 0.6) is 0 Å². The van der Waals surface area contributed by atoms with E-state index < -0.39 is 0 Å². The van der Waals surface area contributed by atoms with Crippen LogP contribution in [0.2, 0.25) is 0 Å². The third-order valence-electron chi connectivity index (χ3n) is 5.54. The van der Waals surface area contributed by atoms with Crippen LogP contribution in [0.1, 0.15) is 23.2 Å². The lowest BCUT2D eigenvalue weighted by Gasteiger charge is -2.12. The molecule has 5 heteroatoms. The predicted octanol–water partition coefficient (Wildman–Crippen LogP) is 4.87. The molecule has 1 atom stereocenters. The van der Waals surface area contributed by atoms with Gasteiger partial charge in [-0.15, -0.1) is 0 Å². The smallest absolute Gasteiger partial charge is 0.251 e. The van der Waals surface area contributed by atoms with E-state index in [-0.39, 0.29) is 12.0 Å². The number of fused-ring (bicyclic) bond motifs is 1. The molecule has 0 radical (unpaired) electrons. The number of hydrogen-bond donors (Lipinski definition) is 1. The summed E-state index contributed by atoms with van der Waals surface area (Å²) in [5.74, 6) is -0.118. The van der Waals surface area contributed by atoms with E-state index in [9.17, 15) is 4.79 Å². The van der Waals surface area contributed by atoms with Crippen LogP contribution >= 0.6 is 0 Å². The highest BCUT2D eigenvalue weighted by Crippen LogP contribution is 2.31. The summed E-state index contributed by atoms with van der Waals surface area (Å²) in [6.45, 7) is 1.31. The first-order chi connectivity index (χ1) is 15.3. The molecule has 2 heterocycles. The fourth-order valence-corrected chi connectivity index (χ4v) is 3.90. The van der Waals surface area contributed by atoms with Crippen molar-refractivity contribution in [1.82, 2.24) is 15.3 Å². The van der Waals surface area contributed by atoms with Crippen molar-refractivity contribution in [3.05, 3.63) is 84.4 Å². The maximum Gasteiger partial charge on any atom is 0.251 e. The average molecular weight is 409 g/mol. The molecule has 1 N–H and O–H groups in total. The minimum atomic E-state index is -0.118. The number of nitrogens with zero attached hydrogens (tertiary/aromatic N) is 2. The number of amides is 1. The average Bonchev–Trinajstić information content (AvgIpc) is 3.36. The number of carbonyl (C=O) groups is 1. The van der Waals surface area contributed by atoms with Crippen LogP contribution in [0.4, 0.5) is 0 Å². The zero-order valence-electron chi connectivity index (χ0n) is 17.1. The summed E-state index contributed by atoms with van der Waals surface area (Å²) >= 11 is 0. The van der Waals surface area contributed by atoms with E-state index in [1.807, 2.05) is 72.8 Å². The molecule has 1 aromatic heterocycles. The first kappa shape index (κ1) is 19.4. The van der Waals surface area contributed by atoms with Gasteiger partial charge in [0.05, 0.1) is 28.5 Å². The first-order valence-corrected chi connectivity index (χ1v) is 10.6. The van der Waals surface area contributed by atoms with E-state index in [1.54, 1.807) is 6.07 Å². The number of hydrogen-bond acceptors (Lipinski definition) is 4. The molecule has 0 spiro atoms. The topological polar surface area (TPSA) is 64.1 Å². The second-order valence-electron chi connectivity index (χ2n) is 7.70. The van der Waals surface area contributed by atoms with Gasteiger partial charge in [-0.2, -0.15) is 0 Å². The molecule has 1 amide bonds. The Balaban J connectivity index is 1.53. The maximum atomic E-state index is 12.7. The summed E-state index contributed by atoms with van der Waals surface area (Å²) in [6, 6.07) is 25.6. The lowest BCUT2D eigenvalue weighted by molar-refractivity contribution is 0.0858. The Bertz CT molecular complexity index is 1200. The Morgan fingerprint density at radius 1 is 0.871 bits per heavy atom. The summed E-state index contributed by atoms with van der Waals surface area (Å²) in [7, 11) is 0. The van der Waals surface area contributed by atoms with Gasteiger partial charge in [0.1, 0.15) is 0 Å². The van der Waals surface area contributed by atoms with Crippen molar-refractivity contribution >= 4 is 16.9 Å². The summed E-state index contributed by atoms with van der Waals surface area (Å²) in [4.78, 5) is 22.5. The van der Waals surface area contributed by atoms with Crippen molar-refractivity contribution in [3.8, 4) is 22.5 Å². The number of nitrogens with one attached hydrogen (secondary N) is 1. The number of benzene rings is 3. The van der Waals surface area contributed by atoms with Gasteiger partial charge in [-0.05, 0) is 31.0 Å². The Hall–Kier alpha value is -3.57. The van der Waals surface area contributed by atoms with Crippen molar-refractivity contribution in [2.24, 2.45) is 0 Å². The lowest BCUT2D eigenvalue weighted by atomic mass is 10.0. The number of carbonyl (C=O) groups excluding carboxylic acids is 1. The highest BCUT2D eigenvalue weighted by Gasteiger charge is 2.18. The molecule has 1 fully saturated rings. The minimum absolute atomic E-state index is 0.113. The molecule has 154 valence electrons. The molecule has 0 aliphatic carbocycles. The number of aromatic nitrogens is 2. The molecule has 1 saturated heterocycles. The fraction of sp³-hybridized carbons (Fsp3) is 0.192. The first-order valence-electron chi connectivity index (χ1n) is 10.6. The van der Waals surface area contributed by atoms with Gasteiger partial charge < -0.3 is 10.1 Å². The standard InChI is InChI=1S/C26H23N3O2/c30-26(27-17-21-12-7-15-31-21)20-13-14-22-23(16-20)29-25(19-10-5-2-6-11-19)24(28-22)18-8-3-1-4-9-18/h1-6,8-11,13-14,16,21H,7,12,15,17H2,(H,27,30). The van der Waals surface area contributed by atoms with E-state index in [4.69, 9.17) is 14.7 Å². The summed E-state index contributed by atoms with van der Waals surface area (Å²) in [5, 5.41) is 2.98. The normalized spacial score (nSPS) is 15.8. The molecule has 31 heavy (non-hydrogen) atoms. The Morgan fingerprint density at radius 2 is 1.52 bits per heavy atom. The monoisotopic (exact) mass is 409 g/mol. The molecule has 0 saturated carbocycles. The van der Waals surface area contributed by atoms with Gasteiger partial charge in [0, 0.05) is 29.8 Å². The predicted molar refractivity (Wildman–Crippen MR) is 122 cm³/mol. The largest absolute Gasteiger partial charge is 0.376 e. The minimum Gasteiger partial charge on any atom is -0.376 e. The van der Waals surface area contributed by atoms with Crippen molar-refractivity contribution in [3.63, 3.8) is 0 Å². The molecule has 5 nitrogen and oxygen atoms in total. The van der Waals surface area contributed by atoms with Gasteiger partial charge in [-0.3, -0.25) is 4.79 Å². The summed E-state index contributed by atoms with van der Waals surface area (Å²) in [5.41, 5.74) is 5.66. The third kappa shape index (κ3) is 4.18. The van der Waals surface area contributed by atoms with Crippen molar-refractivity contribution in [1.29, 1.82) is 0 Å². The summed E-state index contributed by atoms with van der Waals surface area (Å²) in [6.07, 6.45) is 2.16. The quantitative estimate of drug-likeness (QED) is 0.511. The highest BCUT2D eigenvalue weighted by molar-refractivity contribution is 5.98. The summed E-state index contributed by atoms with van der Waals surface area (Å²) < 4.78 is 5.59. The molecule has 1 aliphatic heterocycles. The molecule has 4 aromatic rings. The van der Waals surface area contributed by atoms with Crippen LogP contribution in [0.15, 0.2) is 78.9 Å². The van der Waals surface area contributed by atoms with Gasteiger partial charge in [-0.1, -0.05) is 60.7 Å². The van der Waals surface area contributed by atoms with Gasteiger partial charge >= 0.3 is 0 Å². The molecule has 1 unspecified atom stereocenters. The second-order valence-corrected chi connectivity index (χ2v) is 7.70. The Morgan fingerprint density at radius 3 is 2.13 bits per heavy atom. The van der Waals surface area contributed by atoms with Gasteiger partial charge in [0.15, 0.2) is 0 Å². The van der Waals surface area contributed by atoms with Crippen LogP contribution in [0.3, 0.4) is 0 Å². The van der Waals surface area contributed by atoms with Gasteiger partial charge in [0.2, 0.25) is 0 Å². The molecular formula is C26H23N3O2. The molecule has 1 aliphatic rings. The van der Waals surface area contributed by atoms with Crippen LogP contribution in [0, 0.1) is 0 Å². The lowest BCUT2D eigenvalue weighted by Crippen LogP contribution is -2.31. The van der Waals surface area contributed by atoms with Crippen molar-refractivity contribution < 1.29 is 9.53 Å². The maximum absolute atomic E-state index is 12.7. The fourth-order valence-electron chi connectivity index (χ4n) is 3.90. The SMILES string of the molecule is O=C(NCC1CCCO1)c1ccc2nc(-c3ccccc3)c(-c3ccccc3)nc2c1. The van der Waals surface area contributed by atoms with E-state index in [2.05, 4.69) is 5.32 Å². The molecular weight excluding hydrogens is 386 g/mol. The Labute approximate surface area is 181 Å². The van der Waals surface area contributed by atoms with Crippen LogP contribution in [-0.2, 0) is 4.74 Å². The Kier molecular flexibility index (Phi) is 5.42. The van der Waals surface area contributed by atoms with E-state index in [1.165, 1.54) is 0 Å². The van der Waals surface area contributed by atoms with Crippen LogP contribution in [-0.4, -0.2) is 35.1 Å². The molecule has 5 rings (SSSR count). The van der Waals surface area contributed by atoms with Crippen molar-refractivity contribution in [2.75, 3.05) is 13.2 Å². The number of rotatable bonds is 5. The van der Waals surface area contributed by atoms with Crippen LogP contribution in [0.25, 0.3) is 33.5 Å².